The van der Waals surface area contributed by atoms with Crippen LogP contribution in [0.1, 0.15) is 24.9 Å². The monoisotopic (exact) mass is 240 g/mol. The number of hydrogen-bond acceptors (Lipinski definition) is 3. The Bertz CT molecular complexity index is 394. The summed E-state index contributed by atoms with van der Waals surface area (Å²) in [6, 6.07) is 3.86. The summed E-state index contributed by atoms with van der Waals surface area (Å²) < 4.78 is 18.5. The number of benzene rings is 1. The first-order valence-corrected chi connectivity index (χ1v) is 5.43. The number of ether oxygens (including phenoxy) is 1. The van der Waals surface area contributed by atoms with Crippen LogP contribution >= 0.6 is 0 Å². The number of nitrogens with one attached hydrogen (secondary N) is 1. The van der Waals surface area contributed by atoms with Crippen LogP contribution < -0.4 is 15.8 Å². The van der Waals surface area contributed by atoms with Gasteiger partial charge in [-0.15, -0.1) is 0 Å². The SMILES string of the molecule is CNC(=O)CCOc1ccc(F)cc1[C@H](C)N. The van der Waals surface area contributed by atoms with E-state index in [1.165, 1.54) is 18.2 Å². The smallest absolute Gasteiger partial charge is 0.223 e. The van der Waals surface area contributed by atoms with E-state index in [4.69, 9.17) is 10.5 Å². The molecule has 0 saturated carbocycles. The molecule has 0 aliphatic heterocycles. The fourth-order valence-electron chi connectivity index (χ4n) is 1.39. The van der Waals surface area contributed by atoms with E-state index in [9.17, 15) is 9.18 Å². The normalized spacial score (nSPS) is 12.0. The third-order valence-corrected chi connectivity index (χ3v) is 2.33. The topological polar surface area (TPSA) is 64.3 Å². The highest BCUT2D eigenvalue weighted by atomic mass is 19.1. The van der Waals surface area contributed by atoms with Gasteiger partial charge in [0, 0.05) is 18.7 Å². The van der Waals surface area contributed by atoms with Crippen molar-refractivity contribution in [3.8, 4) is 5.75 Å². The fourth-order valence-corrected chi connectivity index (χ4v) is 1.39. The van der Waals surface area contributed by atoms with Gasteiger partial charge in [-0.1, -0.05) is 0 Å². The molecule has 3 N–H and O–H groups in total. The maximum absolute atomic E-state index is 13.0. The maximum Gasteiger partial charge on any atom is 0.223 e. The molecule has 1 atom stereocenters. The molecule has 1 amide bonds. The van der Waals surface area contributed by atoms with Crippen LogP contribution in [0.3, 0.4) is 0 Å². The molecule has 5 heteroatoms. The van der Waals surface area contributed by atoms with Crippen molar-refractivity contribution < 1.29 is 13.9 Å². The minimum absolute atomic E-state index is 0.102. The molecule has 4 nitrogen and oxygen atoms in total. The van der Waals surface area contributed by atoms with Crippen LogP contribution in [0, 0.1) is 5.82 Å². The van der Waals surface area contributed by atoms with Crippen molar-refractivity contribution in [3.63, 3.8) is 0 Å². The summed E-state index contributed by atoms with van der Waals surface area (Å²) in [4.78, 5) is 11.0. The highest BCUT2D eigenvalue weighted by Crippen LogP contribution is 2.24. The molecule has 0 radical (unpaired) electrons. The molecule has 94 valence electrons. The van der Waals surface area contributed by atoms with Gasteiger partial charge in [0.1, 0.15) is 11.6 Å². The molecular weight excluding hydrogens is 223 g/mol. The summed E-state index contributed by atoms with van der Waals surface area (Å²) in [6.07, 6.45) is 0.256. The molecule has 0 aliphatic carbocycles. The lowest BCUT2D eigenvalue weighted by molar-refractivity contribution is -0.121. The first-order chi connectivity index (χ1) is 8.04. The van der Waals surface area contributed by atoms with E-state index in [-0.39, 0.29) is 30.8 Å². The Labute approximate surface area is 100.0 Å². The number of carbonyl (C=O) groups is 1. The lowest BCUT2D eigenvalue weighted by atomic mass is 10.1. The van der Waals surface area contributed by atoms with Crippen molar-refractivity contribution in [2.45, 2.75) is 19.4 Å². The molecule has 0 heterocycles. The van der Waals surface area contributed by atoms with Crippen molar-refractivity contribution in [2.24, 2.45) is 5.73 Å². The second-order valence-electron chi connectivity index (χ2n) is 3.74. The van der Waals surface area contributed by atoms with Crippen molar-refractivity contribution >= 4 is 5.91 Å². The standard InChI is InChI=1S/C12H17FN2O2/c1-8(14)10-7-9(13)3-4-11(10)17-6-5-12(16)15-2/h3-4,7-8H,5-6,14H2,1-2H3,(H,15,16)/t8-/m0/s1. The molecular formula is C12H17FN2O2. The van der Waals surface area contributed by atoms with Crippen LogP contribution in [0.4, 0.5) is 4.39 Å². The number of carbonyl (C=O) groups excluding carboxylic acids is 1. The third kappa shape index (κ3) is 4.03. The van der Waals surface area contributed by atoms with Crippen LogP contribution in [0.25, 0.3) is 0 Å². The molecule has 0 aromatic heterocycles. The van der Waals surface area contributed by atoms with Gasteiger partial charge in [0.05, 0.1) is 13.0 Å². The maximum atomic E-state index is 13.0. The molecule has 0 unspecified atom stereocenters. The molecule has 0 spiro atoms. The number of nitrogens with two attached hydrogens (primary N) is 1. The zero-order valence-corrected chi connectivity index (χ0v) is 10.00. The van der Waals surface area contributed by atoms with E-state index >= 15 is 0 Å². The highest BCUT2D eigenvalue weighted by molar-refractivity contribution is 5.75. The van der Waals surface area contributed by atoms with Crippen LogP contribution in [0.2, 0.25) is 0 Å². The molecule has 1 aromatic carbocycles. The summed E-state index contributed by atoms with van der Waals surface area (Å²) in [5.41, 5.74) is 6.31. The first kappa shape index (κ1) is 13.4. The molecule has 17 heavy (non-hydrogen) atoms. The molecule has 1 aromatic rings. The number of rotatable bonds is 5. The summed E-state index contributed by atoms with van der Waals surface area (Å²) in [7, 11) is 1.56. The van der Waals surface area contributed by atoms with E-state index in [0.29, 0.717) is 11.3 Å². The summed E-state index contributed by atoms with van der Waals surface area (Å²) in [6.45, 7) is 1.99. The lowest BCUT2D eigenvalue weighted by Gasteiger charge is -2.13. The highest BCUT2D eigenvalue weighted by Gasteiger charge is 2.10. The fraction of sp³-hybridized carbons (Fsp3) is 0.417. The Morgan fingerprint density at radius 1 is 1.59 bits per heavy atom. The van der Waals surface area contributed by atoms with Crippen molar-refractivity contribution in [1.82, 2.24) is 5.32 Å². The summed E-state index contributed by atoms with van der Waals surface area (Å²) >= 11 is 0. The first-order valence-electron chi connectivity index (χ1n) is 5.43. The Balaban J connectivity index is 2.67. The van der Waals surface area contributed by atoms with Crippen molar-refractivity contribution in [3.05, 3.63) is 29.6 Å². The van der Waals surface area contributed by atoms with E-state index < -0.39 is 0 Å². The minimum atomic E-state index is -0.351. The van der Waals surface area contributed by atoms with Crippen LogP contribution in [0.5, 0.6) is 5.75 Å². The third-order valence-electron chi connectivity index (χ3n) is 2.33. The molecule has 0 bridgehead atoms. The van der Waals surface area contributed by atoms with E-state index in [0.717, 1.165) is 0 Å². The average Bonchev–Trinajstić information content (AvgIpc) is 2.30. The van der Waals surface area contributed by atoms with Gasteiger partial charge in [0.25, 0.3) is 0 Å². The van der Waals surface area contributed by atoms with E-state index in [1.807, 2.05) is 0 Å². The van der Waals surface area contributed by atoms with Crippen molar-refractivity contribution in [2.75, 3.05) is 13.7 Å². The van der Waals surface area contributed by atoms with Gasteiger partial charge in [-0.05, 0) is 25.1 Å². The summed E-state index contributed by atoms with van der Waals surface area (Å²) in [5, 5.41) is 2.49. The van der Waals surface area contributed by atoms with E-state index in [1.54, 1.807) is 14.0 Å². The predicted octanol–water partition coefficient (Wildman–Crippen LogP) is 1.36. The second kappa shape index (κ2) is 6.20. The number of halogens is 1. The number of amides is 1. The Hall–Kier alpha value is -1.62. The Kier molecular flexibility index (Phi) is 4.90. The predicted molar refractivity (Wildman–Crippen MR) is 63.2 cm³/mol. The zero-order chi connectivity index (χ0) is 12.8. The van der Waals surface area contributed by atoms with Gasteiger partial charge in [0.2, 0.25) is 5.91 Å². The lowest BCUT2D eigenvalue weighted by Crippen LogP contribution is -2.20. The van der Waals surface area contributed by atoms with Crippen molar-refractivity contribution in [1.29, 1.82) is 0 Å². The van der Waals surface area contributed by atoms with Gasteiger partial charge in [-0.3, -0.25) is 4.79 Å². The molecule has 0 saturated heterocycles. The Morgan fingerprint density at radius 2 is 2.29 bits per heavy atom. The van der Waals surface area contributed by atoms with Crippen LogP contribution in [0.15, 0.2) is 18.2 Å². The zero-order valence-electron chi connectivity index (χ0n) is 10.00. The average molecular weight is 240 g/mol. The Morgan fingerprint density at radius 3 is 2.88 bits per heavy atom. The minimum Gasteiger partial charge on any atom is -0.493 e. The van der Waals surface area contributed by atoms with Gasteiger partial charge in [-0.25, -0.2) is 4.39 Å². The molecule has 0 aliphatic rings. The van der Waals surface area contributed by atoms with Crippen LogP contribution in [-0.4, -0.2) is 19.6 Å². The quantitative estimate of drug-likeness (QED) is 0.816. The molecule has 1 rings (SSSR count). The summed E-state index contributed by atoms with van der Waals surface area (Å²) in [5.74, 6) is 0.0655. The van der Waals surface area contributed by atoms with Crippen LogP contribution in [-0.2, 0) is 4.79 Å². The van der Waals surface area contributed by atoms with Gasteiger partial charge >= 0.3 is 0 Å². The van der Waals surface area contributed by atoms with E-state index in [2.05, 4.69) is 5.32 Å². The number of hydrogen-bond donors (Lipinski definition) is 2. The second-order valence-corrected chi connectivity index (χ2v) is 3.74. The van der Waals surface area contributed by atoms with Gasteiger partial charge in [-0.2, -0.15) is 0 Å². The largest absolute Gasteiger partial charge is 0.493 e. The molecule has 0 fully saturated rings. The van der Waals surface area contributed by atoms with Gasteiger partial charge < -0.3 is 15.8 Å². The van der Waals surface area contributed by atoms with Gasteiger partial charge in [0.15, 0.2) is 0 Å².